The van der Waals surface area contributed by atoms with Gasteiger partial charge in [-0.3, -0.25) is 9.78 Å². The predicted octanol–water partition coefficient (Wildman–Crippen LogP) is 2.33. The van der Waals surface area contributed by atoms with Crippen molar-refractivity contribution in [2.45, 2.75) is 34.1 Å². The van der Waals surface area contributed by atoms with Crippen molar-refractivity contribution in [3.63, 3.8) is 0 Å². The molecule has 0 aliphatic rings. The lowest BCUT2D eigenvalue weighted by Gasteiger charge is -2.14. The van der Waals surface area contributed by atoms with Crippen LogP contribution in [0.3, 0.4) is 0 Å². The molecule has 0 unspecified atom stereocenters. The average Bonchev–Trinajstić information content (AvgIpc) is 2.57. The van der Waals surface area contributed by atoms with Crippen molar-refractivity contribution in [3.8, 4) is 5.69 Å². The Bertz CT molecular complexity index is 1090. The summed E-state index contributed by atoms with van der Waals surface area (Å²) in [5, 5.41) is 3.90. The van der Waals surface area contributed by atoms with Gasteiger partial charge in [-0.15, -0.1) is 5.10 Å². The van der Waals surface area contributed by atoms with E-state index in [1.807, 2.05) is 26.0 Å². The Morgan fingerprint density at radius 2 is 1.62 bits per heavy atom. The van der Waals surface area contributed by atoms with E-state index in [2.05, 4.69) is 42.1 Å². The standard InChI is InChI=1S/C20H22N4O2/c1-11-5-6-15(7-12(11)2)10-17-13(3)8-16(9-14(17)4)24-20(26)22-19(25)18(21)23-24/h5-9H,10H2,1-4H3,(H2,21,23)(H,22,25,26). The first kappa shape index (κ1) is 17.7. The Morgan fingerprint density at radius 1 is 0.962 bits per heavy atom. The topological polar surface area (TPSA) is 93.8 Å². The molecule has 0 amide bonds. The second kappa shape index (κ2) is 6.63. The zero-order valence-corrected chi connectivity index (χ0v) is 15.4. The van der Waals surface area contributed by atoms with E-state index in [0.717, 1.165) is 22.2 Å². The number of H-pyrrole nitrogens is 1. The van der Waals surface area contributed by atoms with Gasteiger partial charge in [0.1, 0.15) is 0 Å². The predicted molar refractivity (Wildman–Crippen MR) is 103 cm³/mol. The van der Waals surface area contributed by atoms with E-state index < -0.39 is 11.2 Å². The van der Waals surface area contributed by atoms with Gasteiger partial charge in [0.05, 0.1) is 5.69 Å². The zero-order valence-electron chi connectivity index (χ0n) is 15.4. The van der Waals surface area contributed by atoms with Gasteiger partial charge in [-0.05, 0) is 79.6 Å². The molecule has 3 rings (SSSR count). The third kappa shape index (κ3) is 3.31. The highest BCUT2D eigenvalue weighted by Crippen LogP contribution is 2.22. The first-order chi connectivity index (χ1) is 12.3. The molecule has 0 spiro atoms. The largest absolute Gasteiger partial charge is 0.378 e. The fraction of sp³-hybridized carbons (Fsp3) is 0.250. The number of nitrogen functional groups attached to an aromatic ring is 1. The van der Waals surface area contributed by atoms with E-state index in [4.69, 9.17) is 5.73 Å². The highest BCUT2D eigenvalue weighted by molar-refractivity contribution is 5.47. The molecule has 0 bridgehead atoms. The molecule has 0 radical (unpaired) electrons. The molecule has 0 saturated carbocycles. The Hall–Kier alpha value is -3.15. The molecule has 3 aromatic rings. The Balaban J connectivity index is 2.04. The number of aromatic amines is 1. The van der Waals surface area contributed by atoms with Gasteiger partial charge in [-0.25, -0.2) is 4.79 Å². The molecule has 26 heavy (non-hydrogen) atoms. The number of hydrogen-bond donors (Lipinski definition) is 2. The fourth-order valence-electron chi connectivity index (χ4n) is 3.08. The summed E-state index contributed by atoms with van der Waals surface area (Å²) in [6.07, 6.45) is 0.815. The van der Waals surface area contributed by atoms with Gasteiger partial charge in [-0.2, -0.15) is 4.68 Å². The second-order valence-corrected chi connectivity index (χ2v) is 6.71. The molecular formula is C20H22N4O2. The van der Waals surface area contributed by atoms with Crippen LogP contribution in [0, 0.1) is 27.7 Å². The first-order valence-corrected chi connectivity index (χ1v) is 8.42. The van der Waals surface area contributed by atoms with Crippen molar-refractivity contribution >= 4 is 5.82 Å². The van der Waals surface area contributed by atoms with Crippen LogP contribution in [0.2, 0.25) is 0 Å². The van der Waals surface area contributed by atoms with E-state index in [1.165, 1.54) is 22.3 Å². The van der Waals surface area contributed by atoms with Crippen LogP contribution < -0.4 is 17.0 Å². The van der Waals surface area contributed by atoms with Crippen molar-refractivity contribution in [2.24, 2.45) is 0 Å². The van der Waals surface area contributed by atoms with Crippen LogP contribution in [0.25, 0.3) is 5.69 Å². The highest BCUT2D eigenvalue weighted by Gasteiger charge is 2.11. The van der Waals surface area contributed by atoms with Crippen LogP contribution in [0.4, 0.5) is 5.82 Å². The third-order valence-electron chi connectivity index (χ3n) is 4.73. The number of nitrogens with two attached hydrogens (primary N) is 1. The lowest BCUT2D eigenvalue weighted by Crippen LogP contribution is -2.33. The van der Waals surface area contributed by atoms with Gasteiger partial charge in [-0.1, -0.05) is 18.2 Å². The summed E-state index contributed by atoms with van der Waals surface area (Å²) in [5.74, 6) is -0.237. The molecule has 134 valence electrons. The normalized spacial score (nSPS) is 10.9. The van der Waals surface area contributed by atoms with Crippen LogP contribution in [-0.4, -0.2) is 14.8 Å². The molecule has 1 aromatic heterocycles. The SMILES string of the molecule is Cc1ccc(Cc2c(C)cc(-n3nc(N)c(=O)[nH]c3=O)cc2C)cc1C. The van der Waals surface area contributed by atoms with Crippen molar-refractivity contribution in [3.05, 3.63) is 84.6 Å². The second-order valence-electron chi connectivity index (χ2n) is 6.71. The number of nitrogens with one attached hydrogen (secondary N) is 1. The van der Waals surface area contributed by atoms with Crippen molar-refractivity contribution in [1.29, 1.82) is 0 Å². The minimum atomic E-state index is -0.675. The summed E-state index contributed by atoms with van der Waals surface area (Å²) in [4.78, 5) is 25.6. The van der Waals surface area contributed by atoms with Gasteiger partial charge >= 0.3 is 5.69 Å². The summed E-state index contributed by atoms with van der Waals surface area (Å²) in [6.45, 7) is 8.23. The van der Waals surface area contributed by atoms with E-state index in [1.54, 1.807) is 0 Å². The maximum Gasteiger partial charge on any atom is 0.349 e. The molecule has 0 aliphatic heterocycles. The van der Waals surface area contributed by atoms with Gasteiger partial charge in [0.15, 0.2) is 0 Å². The molecule has 0 saturated heterocycles. The third-order valence-corrected chi connectivity index (χ3v) is 4.73. The number of benzene rings is 2. The smallest absolute Gasteiger partial charge is 0.349 e. The molecule has 6 nitrogen and oxygen atoms in total. The van der Waals surface area contributed by atoms with Crippen LogP contribution in [0.1, 0.15) is 33.4 Å². The molecule has 3 N–H and O–H groups in total. The summed E-state index contributed by atoms with van der Waals surface area (Å²) in [7, 11) is 0. The number of nitrogens with zero attached hydrogens (tertiary/aromatic N) is 2. The van der Waals surface area contributed by atoms with Gasteiger partial charge < -0.3 is 5.73 Å². The maximum atomic E-state index is 12.0. The van der Waals surface area contributed by atoms with Crippen LogP contribution in [0.5, 0.6) is 0 Å². The Labute approximate surface area is 151 Å². The molecule has 6 heteroatoms. The number of aryl methyl sites for hydroxylation is 4. The fourth-order valence-corrected chi connectivity index (χ4v) is 3.08. The van der Waals surface area contributed by atoms with Crippen LogP contribution in [0.15, 0.2) is 39.9 Å². The lowest BCUT2D eigenvalue weighted by atomic mass is 9.94. The van der Waals surface area contributed by atoms with E-state index in [0.29, 0.717) is 5.69 Å². The van der Waals surface area contributed by atoms with Gasteiger partial charge in [0.25, 0.3) is 5.56 Å². The number of rotatable bonds is 3. The highest BCUT2D eigenvalue weighted by atomic mass is 16.2. The summed E-state index contributed by atoms with van der Waals surface area (Å²) >= 11 is 0. The molecular weight excluding hydrogens is 328 g/mol. The zero-order chi connectivity index (χ0) is 19.0. The lowest BCUT2D eigenvalue weighted by molar-refractivity contribution is 0.757. The molecule has 0 aliphatic carbocycles. The Kier molecular flexibility index (Phi) is 4.50. The Morgan fingerprint density at radius 3 is 2.23 bits per heavy atom. The van der Waals surface area contributed by atoms with E-state index >= 15 is 0 Å². The number of hydrogen-bond acceptors (Lipinski definition) is 4. The summed E-state index contributed by atoms with van der Waals surface area (Å²) < 4.78 is 1.12. The van der Waals surface area contributed by atoms with Crippen molar-refractivity contribution in [1.82, 2.24) is 14.8 Å². The molecule has 0 atom stereocenters. The molecule has 2 aromatic carbocycles. The van der Waals surface area contributed by atoms with Gasteiger partial charge in [0, 0.05) is 0 Å². The average molecular weight is 350 g/mol. The van der Waals surface area contributed by atoms with Crippen LogP contribution >= 0.6 is 0 Å². The minimum Gasteiger partial charge on any atom is -0.378 e. The monoisotopic (exact) mass is 350 g/mol. The maximum absolute atomic E-state index is 12.0. The molecule has 1 heterocycles. The van der Waals surface area contributed by atoms with Crippen LogP contribution in [-0.2, 0) is 6.42 Å². The van der Waals surface area contributed by atoms with Crippen molar-refractivity contribution in [2.75, 3.05) is 5.73 Å². The summed E-state index contributed by atoms with van der Waals surface area (Å²) in [5.41, 5.74) is 12.0. The quantitative estimate of drug-likeness (QED) is 0.758. The van der Waals surface area contributed by atoms with E-state index in [-0.39, 0.29) is 5.82 Å². The first-order valence-electron chi connectivity index (χ1n) is 8.42. The number of anilines is 1. The van der Waals surface area contributed by atoms with E-state index in [9.17, 15) is 9.59 Å². The minimum absolute atomic E-state index is 0.237. The molecule has 0 fully saturated rings. The summed E-state index contributed by atoms with van der Waals surface area (Å²) in [6, 6.07) is 10.3. The van der Waals surface area contributed by atoms with Gasteiger partial charge in [0.2, 0.25) is 5.82 Å². The van der Waals surface area contributed by atoms with Crippen molar-refractivity contribution < 1.29 is 0 Å². The number of aromatic nitrogens is 3.